The number of nitrogens with zero attached hydrogens (tertiary/aromatic N) is 2. The predicted octanol–water partition coefficient (Wildman–Crippen LogP) is 2.06. The summed E-state index contributed by atoms with van der Waals surface area (Å²) in [7, 11) is 0. The van der Waals surface area contributed by atoms with Crippen LogP contribution in [-0.2, 0) is 9.59 Å². The van der Waals surface area contributed by atoms with Gasteiger partial charge >= 0.3 is 0 Å². The summed E-state index contributed by atoms with van der Waals surface area (Å²) in [5, 5.41) is 0. The van der Waals surface area contributed by atoms with Crippen molar-refractivity contribution >= 4 is 11.8 Å². The van der Waals surface area contributed by atoms with Gasteiger partial charge in [-0.15, -0.1) is 0 Å². The summed E-state index contributed by atoms with van der Waals surface area (Å²) >= 11 is 0. The quantitative estimate of drug-likeness (QED) is 0.715. The zero-order valence-corrected chi connectivity index (χ0v) is 12.4. The van der Waals surface area contributed by atoms with Gasteiger partial charge in [0.05, 0.1) is 0 Å². The van der Waals surface area contributed by atoms with E-state index in [4.69, 9.17) is 0 Å². The zero-order chi connectivity index (χ0) is 14.4. The number of carbonyl (C=O) groups is 2. The molecule has 1 aliphatic rings. The Labute approximate surface area is 116 Å². The number of hydrogen-bond acceptors (Lipinski definition) is 2. The Hall–Kier alpha value is -1.32. The molecule has 0 aromatic heterocycles. The van der Waals surface area contributed by atoms with Crippen molar-refractivity contribution in [2.45, 2.75) is 46.1 Å². The molecular formula is C15H26N2O2. The smallest absolute Gasteiger partial charge is 0.246 e. The van der Waals surface area contributed by atoms with Crippen molar-refractivity contribution in [1.29, 1.82) is 0 Å². The number of carbonyl (C=O) groups excluding carboxylic acids is 2. The van der Waals surface area contributed by atoms with Gasteiger partial charge in [0.1, 0.15) is 0 Å². The fourth-order valence-corrected chi connectivity index (χ4v) is 2.48. The molecule has 2 amide bonds. The molecule has 4 nitrogen and oxygen atoms in total. The van der Waals surface area contributed by atoms with E-state index in [9.17, 15) is 9.59 Å². The van der Waals surface area contributed by atoms with Crippen LogP contribution in [0.15, 0.2) is 12.7 Å². The maximum absolute atomic E-state index is 12.0. The predicted molar refractivity (Wildman–Crippen MR) is 76.6 cm³/mol. The van der Waals surface area contributed by atoms with Crippen LogP contribution in [0.4, 0.5) is 0 Å². The highest BCUT2D eigenvalue weighted by atomic mass is 16.2. The monoisotopic (exact) mass is 266 g/mol. The first-order valence-electron chi connectivity index (χ1n) is 7.14. The Morgan fingerprint density at radius 2 is 1.95 bits per heavy atom. The van der Waals surface area contributed by atoms with Crippen LogP contribution in [0.1, 0.15) is 40.0 Å². The molecule has 1 rings (SSSR count). The largest absolute Gasteiger partial charge is 0.343 e. The van der Waals surface area contributed by atoms with Crippen LogP contribution in [0.2, 0.25) is 0 Å². The minimum Gasteiger partial charge on any atom is -0.343 e. The first kappa shape index (κ1) is 15.7. The van der Waals surface area contributed by atoms with Gasteiger partial charge in [-0.25, -0.2) is 0 Å². The van der Waals surface area contributed by atoms with Gasteiger partial charge in [-0.3, -0.25) is 9.59 Å². The minimum absolute atomic E-state index is 0.0157. The Bertz CT molecular complexity index is 331. The number of piperidine rings is 1. The fourth-order valence-electron chi connectivity index (χ4n) is 2.48. The summed E-state index contributed by atoms with van der Waals surface area (Å²) in [5.41, 5.74) is 0. The Morgan fingerprint density at radius 3 is 2.37 bits per heavy atom. The lowest BCUT2D eigenvalue weighted by Crippen LogP contribution is -2.48. The van der Waals surface area contributed by atoms with E-state index >= 15 is 0 Å². The fraction of sp³-hybridized carbons (Fsp3) is 0.733. The molecule has 0 aromatic carbocycles. The van der Waals surface area contributed by atoms with Crippen LogP contribution in [0.5, 0.6) is 0 Å². The van der Waals surface area contributed by atoms with Gasteiger partial charge in [0.15, 0.2) is 0 Å². The molecule has 0 aliphatic carbocycles. The highest BCUT2D eigenvalue weighted by Crippen LogP contribution is 2.18. The summed E-state index contributed by atoms with van der Waals surface area (Å²) in [6, 6.07) is 0.250. The SMILES string of the molecule is C=CC(=O)N(CCC(C)C)C1CCN(C(C)=O)CC1. The van der Waals surface area contributed by atoms with E-state index in [0.717, 1.165) is 38.9 Å². The van der Waals surface area contributed by atoms with Crippen LogP contribution in [-0.4, -0.2) is 47.3 Å². The standard InChI is InChI=1S/C15H26N2O2/c1-5-15(19)17(11-6-12(2)3)14-7-9-16(10-8-14)13(4)18/h5,12,14H,1,6-11H2,2-4H3. The molecule has 0 N–H and O–H groups in total. The van der Waals surface area contributed by atoms with Gasteiger partial charge in [0.25, 0.3) is 0 Å². The van der Waals surface area contributed by atoms with Crippen molar-refractivity contribution in [3.05, 3.63) is 12.7 Å². The molecule has 108 valence electrons. The molecular weight excluding hydrogens is 240 g/mol. The van der Waals surface area contributed by atoms with Gasteiger partial charge in [0.2, 0.25) is 11.8 Å². The number of likely N-dealkylation sites (tertiary alicyclic amines) is 1. The molecule has 1 saturated heterocycles. The molecule has 0 radical (unpaired) electrons. The number of rotatable bonds is 5. The maximum atomic E-state index is 12.0. The molecule has 4 heteroatoms. The highest BCUT2D eigenvalue weighted by Gasteiger charge is 2.27. The van der Waals surface area contributed by atoms with E-state index < -0.39 is 0 Å². The van der Waals surface area contributed by atoms with Crippen molar-refractivity contribution in [3.8, 4) is 0 Å². The lowest BCUT2D eigenvalue weighted by Gasteiger charge is -2.38. The molecule has 0 bridgehead atoms. The van der Waals surface area contributed by atoms with E-state index in [1.165, 1.54) is 6.08 Å². The average molecular weight is 266 g/mol. The second-order valence-corrected chi connectivity index (χ2v) is 5.66. The molecule has 0 spiro atoms. The molecule has 0 aromatic rings. The zero-order valence-electron chi connectivity index (χ0n) is 12.4. The molecule has 1 fully saturated rings. The molecule has 19 heavy (non-hydrogen) atoms. The van der Waals surface area contributed by atoms with Gasteiger partial charge in [0, 0.05) is 32.6 Å². The summed E-state index contributed by atoms with van der Waals surface area (Å²) < 4.78 is 0. The molecule has 0 atom stereocenters. The van der Waals surface area contributed by atoms with Gasteiger partial charge < -0.3 is 9.80 Å². The van der Waals surface area contributed by atoms with Gasteiger partial charge in [-0.05, 0) is 31.3 Å². The number of hydrogen-bond donors (Lipinski definition) is 0. The molecule has 0 unspecified atom stereocenters. The Morgan fingerprint density at radius 1 is 1.37 bits per heavy atom. The summed E-state index contributed by atoms with van der Waals surface area (Å²) in [4.78, 5) is 27.1. The normalized spacial score (nSPS) is 16.5. The Kier molecular flexibility index (Phi) is 6.06. The van der Waals surface area contributed by atoms with Crippen molar-refractivity contribution in [1.82, 2.24) is 9.80 Å². The van der Waals surface area contributed by atoms with Crippen molar-refractivity contribution in [3.63, 3.8) is 0 Å². The van der Waals surface area contributed by atoms with Crippen molar-refractivity contribution in [2.75, 3.05) is 19.6 Å². The minimum atomic E-state index is 0.0157. The third kappa shape index (κ3) is 4.69. The van der Waals surface area contributed by atoms with Crippen molar-refractivity contribution in [2.24, 2.45) is 5.92 Å². The topological polar surface area (TPSA) is 40.6 Å². The second kappa shape index (κ2) is 7.31. The summed E-state index contributed by atoms with van der Waals surface area (Å²) in [6.45, 7) is 11.8. The lowest BCUT2D eigenvalue weighted by molar-refractivity contribution is -0.132. The molecule has 1 aliphatic heterocycles. The van der Waals surface area contributed by atoms with Crippen LogP contribution >= 0.6 is 0 Å². The first-order chi connectivity index (χ1) is 8.95. The van der Waals surface area contributed by atoms with E-state index in [1.54, 1.807) is 6.92 Å². The maximum Gasteiger partial charge on any atom is 0.246 e. The van der Waals surface area contributed by atoms with E-state index in [-0.39, 0.29) is 17.9 Å². The van der Waals surface area contributed by atoms with Crippen LogP contribution in [0.25, 0.3) is 0 Å². The Balaban J connectivity index is 2.59. The lowest BCUT2D eigenvalue weighted by atomic mass is 10.0. The summed E-state index contributed by atoms with van der Waals surface area (Å²) in [6.07, 6.45) is 4.15. The van der Waals surface area contributed by atoms with Crippen LogP contribution in [0, 0.1) is 5.92 Å². The van der Waals surface area contributed by atoms with Crippen LogP contribution < -0.4 is 0 Å². The highest BCUT2D eigenvalue weighted by molar-refractivity contribution is 5.87. The average Bonchev–Trinajstić information content (AvgIpc) is 2.38. The number of amides is 2. The third-order valence-corrected chi connectivity index (χ3v) is 3.76. The van der Waals surface area contributed by atoms with Gasteiger partial charge in [-0.2, -0.15) is 0 Å². The first-order valence-corrected chi connectivity index (χ1v) is 7.14. The van der Waals surface area contributed by atoms with E-state index in [2.05, 4.69) is 20.4 Å². The van der Waals surface area contributed by atoms with Crippen molar-refractivity contribution < 1.29 is 9.59 Å². The third-order valence-electron chi connectivity index (χ3n) is 3.76. The van der Waals surface area contributed by atoms with Gasteiger partial charge in [-0.1, -0.05) is 20.4 Å². The van der Waals surface area contributed by atoms with E-state index in [0.29, 0.717) is 5.92 Å². The second-order valence-electron chi connectivity index (χ2n) is 5.66. The molecule has 1 heterocycles. The van der Waals surface area contributed by atoms with E-state index in [1.807, 2.05) is 9.80 Å². The van der Waals surface area contributed by atoms with Crippen LogP contribution in [0.3, 0.4) is 0 Å². The summed E-state index contributed by atoms with van der Waals surface area (Å²) in [5.74, 6) is 0.724. The molecule has 0 saturated carbocycles.